The molecule has 0 fully saturated rings. The van der Waals surface area contributed by atoms with Crippen LogP contribution < -0.4 is 16.0 Å². The summed E-state index contributed by atoms with van der Waals surface area (Å²) in [5.74, 6) is -5.49. The van der Waals surface area contributed by atoms with Crippen molar-refractivity contribution < 1.29 is 22.8 Å². The van der Waals surface area contributed by atoms with Gasteiger partial charge in [0.1, 0.15) is 0 Å². The molecule has 0 radical (unpaired) electrons. The lowest BCUT2D eigenvalue weighted by molar-refractivity contribution is -0.120. The molecule has 0 spiro atoms. The zero-order valence-corrected chi connectivity index (χ0v) is 10.9. The third kappa shape index (κ3) is 3.95. The van der Waals surface area contributed by atoms with E-state index in [-0.39, 0.29) is 12.5 Å². The topological polar surface area (TPSA) is 70.2 Å². The van der Waals surface area contributed by atoms with Gasteiger partial charge in [-0.1, -0.05) is 0 Å². The maximum atomic E-state index is 13.3. The Balaban J connectivity index is 2.66. The molecule has 0 aliphatic rings. The fourth-order valence-electron chi connectivity index (χ4n) is 1.29. The van der Waals surface area contributed by atoms with Crippen molar-refractivity contribution in [1.82, 2.24) is 10.6 Å². The number of halogens is 3. The summed E-state index contributed by atoms with van der Waals surface area (Å²) in [4.78, 5) is 22.7. The minimum atomic E-state index is -1.66. The molecule has 110 valence electrons. The standard InChI is InChI=1S/C12H14F3N3O2/c1-6(17-5-9(19)16-2)12(20)18-8-4-3-7(13)10(14)11(8)15/h3-4,6,17H,5H2,1-2H3,(H,16,19)(H,18,20)/t6-/m0/s1. The van der Waals surface area contributed by atoms with Crippen molar-refractivity contribution in [2.45, 2.75) is 13.0 Å². The number of carbonyl (C=O) groups excluding carboxylic acids is 2. The van der Waals surface area contributed by atoms with E-state index in [4.69, 9.17) is 0 Å². The molecule has 0 saturated heterocycles. The van der Waals surface area contributed by atoms with E-state index in [1.165, 1.54) is 14.0 Å². The van der Waals surface area contributed by atoms with Gasteiger partial charge < -0.3 is 10.6 Å². The second-order valence-electron chi connectivity index (χ2n) is 3.99. The summed E-state index contributed by atoms with van der Waals surface area (Å²) < 4.78 is 39.0. The van der Waals surface area contributed by atoms with Crippen molar-refractivity contribution in [3.8, 4) is 0 Å². The molecular weight excluding hydrogens is 275 g/mol. The van der Waals surface area contributed by atoms with Crippen molar-refractivity contribution in [3.63, 3.8) is 0 Å². The Morgan fingerprint density at radius 3 is 2.45 bits per heavy atom. The fourth-order valence-corrected chi connectivity index (χ4v) is 1.29. The van der Waals surface area contributed by atoms with E-state index in [9.17, 15) is 22.8 Å². The van der Waals surface area contributed by atoms with Gasteiger partial charge in [-0.15, -0.1) is 0 Å². The number of rotatable bonds is 5. The lowest BCUT2D eigenvalue weighted by Crippen LogP contribution is -2.43. The zero-order chi connectivity index (χ0) is 15.3. The first-order valence-electron chi connectivity index (χ1n) is 5.75. The molecule has 0 heterocycles. The first-order chi connectivity index (χ1) is 9.36. The quantitative estimate of drug-likeness (QED) is 0.701. The highest BCUT2D eigenvalue weighted by atomic mass is 19.2. The van der Waals surface area contributed by atoms with Crippen molar-refractivity contribution >= 4 is 17.5 Å². The molecular formula is C12H14F3N3O2. The molecule has 0 unspecified atom stereocenters. The third-order valence-corrected chi connectivity index (χ3v) is 2.53. The van der Waals surface area contributed by atoms with Gasteiger partial charge in [0.25, 0.3) is 0 Å². The maximum absolute atomic E-state index is 13.3. The molecule has 0 aliphatic carbocycles. The van der Waals surface area contributed by atoms with Crippen LogP contribution in [0.5, 0.6) is 0 Å². The van der Waals surface area contributed by atoms with Gasteiger partial charge in [-0.2, -0.15) is 0 Å². The number of anilines is 1. The molecule has 1 aromatic carbocycles. The van der Waals surface area contributed by atoms with Crippen LogP contribution in [0.15, 0.2) is 12.1 Å². The highest BCUT2D eigenvalue weighted by Crippen LogP contribution is 2.19. The van der Waals surface area contributed by atoms with Crippen molar-refractivity contribution in [2.75, 3.05) is 18.9 Å². The van der Waals surface area contributed by atoms with Crippen LogP contribution in [0.2, 0.25) is 0 Å². The molecule has 0 saturated carbocycles. The lowest BCUT2D eigenvalue weighted by atomic mass is 10.2. The van der Waals surface area contributed by atoms with E-state index in [0.29, 0.717) is 6.07 Å². The van der Waals surface area contributed by atoms with Gasteiger partial charge in [0, 0.05) is 7.05 Å². The van der Waals surface area contributed by atoms with Crippen LogP contribution >= 0.6 is 0 Å². The number of nitrogens with one attached hydrogen (secondary N) is 3. The van der Waals surface area contributed by atoms with E-state index >= 15 is 0 Å². The van der Waals surface area contributed by atoms with Crippen LogP contribution in [-0.4, -0.2) is 31.4 Å². The van der Waals surface area contributed by atoms with Crippen LogP contribution in [0.25, 0.3) is 0 Å². The highest BCUT2D eigenvalue weighted by molar-refractivity contribution is 5.95. The maximum Gasteiger partial charge on any atom is 0.241 e. The van der Waals surface area contributed by atoms with Gasteiger partial charge in [0.15, 0.2) is 17.5 Å². The number of likely N-dealkylation sites (N-methyl/N-ethyl adjacent to an activating group) is 1. The molecule has 0 aromatic heterocycles. The molecule has 0 aliphatic heterocycles. The summed E-state index contributed by atoms with van der Waals surface area (Å²) in [6.45, 7) is 1.33. The van der Waals surface area contributed by atoms with Gasteiger partial charge in [-0.25, -0.2) is 13.2 Å². The van der Waals surface area contributed by atoms with Crippen LogP contribution in [-0.2, 0) is 9.59 Å². The van der Waals surface area contributed by atoms with Crippen molar-refractivity contribution in [1.29, 1.82) is 0 Å². The zero-order valence-electron chi connectivity index (χ0n) is 10.9. The molecule has 20 heavy (non-hydrogen) atoms. The van der Waals surface area contributed by atoms with Gasteiger partial charge in [-0.3, -0.25) is 14.9 Å². The van der Waals surface area contributed by atoms with Crippen LogP contribution in [0.3, 0.4) is 0 Å². The van der Waals surface area contributed by atoms with Crippen molar-refractivity contribution in [2.24, 2.45) is 0 Å². The van der Waals surface area contributed by atoms with Gasteiger partial charge in [0.05, 0.1) is 18.3 Å². The third-order valence-electron chi connectivity index (χ3n) is 2.53. The van der Waals surface area contributed by atoms with Crippen LogP contribution in [0.4, 0.5) is 18.9 Å². The SMILES string of the molecule is CNC(=O)CN[C@@H](C)C(=O)Nc1ccc(F)c(F)c1F. The van der Waals surface area contributed by atoms with Crippen LogP contribution in [0, 0.1) is 17.5 Å². The summed E-state index contributed by atoms with van der Waals surface area (Å²) in [6, 6.07) is 0.799. The molecule has 0 bridgehead atoms. The Hall–Kier alpha value is -2.09. The Kier molecular flexibility index (Phi) is 5.51. The van der Waals surface area contributed by atoms with E-state index in [0.717, 1.165) is 6.07 Å². The van der Waals surface area contributed by atoms with Gasteiger partial charge in [-0.05, 0) is 19.1 Å². The largest absolute Gasteiger partial charge is 0.358 e. The van der Waals surface area contributed by atoms with E-state index < -0.39 is 35.1 Å². The highest BCUT2D eigenvalue weighted by Gasteiger charge is 2.18. The first-order valence-corrected chi connectivity index (χ1v) is 5.75. The Bertz CT molecular complexity index is 523. The fraction of sp³-hybridized carbons (Fsp3) is 0.333. The monoisotopic (exact) mass is 289 g/mol. The summed E-state index contributed by atoms with van der Waals surface area (Å²) in [5.41, 5.74) is -0.470. The number of hydrogen-bond acceptors (Lipinski definition) is 3. The van der Waals surface area contributed by atoms with Crippen LogP contribution in [0.1, 0.15) is 6.92 Å². The Morgan fingerprint density at radius 1 is 1.20 bits per heavy atom. The first kappa shape index (κ1) is 16.0. The average Bonchev–Trinajstić information content (AvgIpc) is 2.44. The smallest absolute Gasteiger partial charge is 0.241 e. The Labute approximate surface area is 113 Å². The second kappa shape index (κ2) is 6.90. The van der Waals surface area contributed by atoms with E-state index in [2.05, 4.69) is 16.0 Å². The number of carbonyl (C=O) groups is 2. The van der Waals surface area contributed by atoms with Gasteiger partial charge in [0.2, 0.25) is 11.8 Å². The lowest BCUT2D eigenvalue weighted by Gasteiger charge is -2.14. The molecule has 2 amide bonds. The Morgan fingerprint density at radius 2 is 1.85 bits per heavy atom. The minimum absolute atomic E-state index is 0.106. The van der Waals surface area contributed by atoms with Crippen molar-refractivity contribution in [3.05, 3.63) is 29.6 Å². The molecule has 5 nitrogen and oxygen atoms in total. The predicted molar refractivity (Wildman–Crippen MR) is 66.5 cm³/mol. The molecule has 8 heteroatoms. The number of hydrogen-bond donors (Lipinski definition) is 3. The molecule has 1 rings (SSSR count). The summed E-state index contributed by atoms with van der Waals surface area (Å²) in [6.07, 6.45) is 0. The van der Waals surface area contributed by atoms with E-state index in [1.54, 1.807) is 0 Å². The number of amides is 2. The predicted octanol–water partition coefficient (Wildman–Crippen LogP) is 0.766. The summed E-state index contributed by atoms with van der Waals surface area (Å²) in [7, 11) is 1.44. The summed E-state index contributed by atoms with van der Waals surface area (Å²) in [5, 5.41) is 7.04. The molecule has 3 N–H and O–H groups in total. The minimum Gasteiger partial charge on any atom is -0.358 e. The second-order valence-corrected chi connectivity index (χ2v) is 3.99. The normalized spacial score (nSPS) is 11.8. The molecule has 1 atom stereocenters. The van der Waals surface area contributed by atoms with E-state index in [1.807, 2.05) is 0 Å². The summed E-state index contributed by atoms with van der Waals surface area (Å²) >= 11 is 0. The molecule has 1 aromatic rings. The average molecular weight is 289 g/mol. The number of benzene rings is 1. The van der Waals surface area contributed by atoms with Gasteiger partial charge >= 0.3 is 0 Å².